The Bertz CT molecular complexity index is 1420. The first-order valence-corrected chi connectivity index (χ1v) is 10.2. The molecule has 0 saturated carbocycles. The zero-order valence-electron chi connectivity index (χ0n) is 17.7. The summed E-state index contributed by atoms with van der Waals surface area (Å²) in [6.45, 7) is 0.0537. The first-order chi connectivity index (χ1) is 16.2. The fraction of sp³-hybridized carbons (Fsp3) is 0.125. The van der Waals surface area contributed by atoms with Crippen LogP contribution < -0.4 is 24.3 Å². The molecular formula is C24H17ClN4O4. The van der Waals surface area contributed by atoms with Crippen molar-refractivity contribution in [3.8, 4) is 34.8 Å². The molecule has 0 atom stereocenters. The summed E-state index contributed by atoms with van der Waals surface area (Å²) in [6, 6.07) is 10.8. The van der Waals surface area contributed by atoms with Crippen LogP contribution in [0.25, 0.3) is 10.9 Å². The fourth-order valence-electron chi connectivity index (χ4n) is 3.42. The molecule has 4 aromatic rings. The van der Waals surface area contributed by atoms with Gasteiger partial charge in [0, 0.05) is 17.6 Å². The van der Waals surface area contributed by atoms with Crippen molar-refractivity contribution in [1.82, 2.24) is 15.0 Å². The van der Waals surface area contributed by atoms with Gasteiger partial charge in [-0.15, -0.1) is 0 Å². The maximum Gasteiger partial charge on any atom is 0.231 e. The summed E-state index contributed by atoms with van der Waals surface area (Å²) in [7, 11) is 3.14. The summed E-state index contributed by atoms with van der Waals surface area (Å²) in [5.41, 5.74) is 2.43. The van der Waals surface area contributed by atoms with Crippen LogP contribution in [0.5, 0.6) is 23.0 Å². The molecular weight excluding hydrogens is 444 g/mol. The number of pyridine rings is 1. The highest BCUT2D eigenvalue weighted by atomic mass is 35.5. The third-order valence-corrected chi connectivity index (χ3v) is 5.27. The van der Waals surface area contributed by atoms with E-state index in [1.807, 2.05) is 18.2 Å². The van der Waals surface area contributed by atoms with Crippen molar-refractivity contribution in [1.29, 1.82) is 0 Å². The molecule has 2 aromatic carbocycles. The van der Waals surface area contributed by atoms with Crippen LogP contribution in [0.1, 0.15) is 11.3 Å². The summed E-state index contributed by atoms with van der Waals surface area (Å²) in [5, 5.41) is 4.38. The summed E-state index contributed by atoms with van der Waals surface area (Å²) in [6.07, 6.45) is 3.14. The summed E-state index contributed by atoms with van der Waals surface area (Å²) in [4.78, 5) is 12.9. The molecule has 3 heterocycles. The van der Waals surface area contributed by atoms with Crippen LogP contribution in [-0.2, 0) is 0 Å². The molecule has 0 aliphatic carbocycles. The molecule has 1 N–H and O–H groups in total. The van der Waals surface area contributed by atoms with Crippen LogP contribution in [0.15, 0.2) is 48.9 Å². The molecule has 0 saturated heterocycles. The van der Waals surface area contributed by atoms with Crippen molar-refractivity contribution in [3.63, 3.8) is 0 Å². The van der Waals surface area contributed by atoms with E-state index < -0.39 is 0 Å². The number of hydrogen-bond donors (Lipinski definition) is 1. The predicted octanol–water partition coefficient (Wildman–Crippen LogP) is 4.57. The molecule has 9 heteroatoms. The van der Waals surface area contributed by atoms with Crippen molar-refractivity contribution >= 4 is 34.0 Å². The molecule has 0 amide bonds. The normalized spacial score (nSPS) is 11.6. The van der Waals surface area contributed by atoms with Crippen LogP contribution in [0.2, 0.25) is 5.02 Å². The quantitative estimate of drug-likeness (QED) is 0.443. The van der Waals surface area contributed by atoms with E-state index in [2.05, 4.69) is 32.1 Å². The Balaban J connectivity index is 1.57. The third kappa shape index (κ3) is 3.90. The van der Waals surface area contributed by atoms with Crippen LogP contribution in [0.3, 0.4) is 0 Å². The number of methoxy groups -OCH3 is 2. The van der Waals surface area contributed by atoms with Gasteiger partial charge < -0.3 is 24.3 Å². The molecule has 5 rings (SSSR count). The van der Waals surface area contributed by atoms with Crippen LogP contribution in [-0.4, -0.2) is 36.0 Å². The molecule has 164 valence electrons. The summed E-state index contributed by atoms with van der Waals surface area (Å²) >= 11 is 6.63. The van der Waals surface area contributed by atoms with Crippen LogP contribution in [0, 0.1) is 11.8 Å². The molecule has 0 unspecified atom stereocenters. The van der Waals surface area contributed by atoms with Crippen molar-refractivity contribution < 1.29 is 18.9 Å². The smallest absolute Gasteiger partial charge is 0.231 e. The Morgan fingerprint density at radius 2 is 1.79 bits per heavy atom. The van der Waals surface area contributed by atoms with Gasteiger partial charge >= 0.3 is 0 Å². The standard InChI is InChI=1S/C24H17ClN4O4/c1-30-19-10-16-18(11-20(19)31-2)27-12-28-24(16)29-21-17(25)9-14(22-23(21)33-13-32-22)6-7-15-5-3-4-8-26-15/h3-5,8-12H,13H2,1-2H3,(H,27,28,29). The Kier molecular flexibility index (Phi) is 5.47. The van der Waals surface area contributed by atoms with Gasteiger partial charge in [0.2, 0.25) is 6.79 Å². The van der Waals surface area contributed by atoms with E-state index >= 15 is 0 Å². The number of halogens is 1. The van der Waals surface area contributed by atoms with Gasteiger partial charge in [-0.25, -0.2) is 15.0 Å². The first kappa shape index (κ1) is 20.7. The van der Waals surface area contributed by atoms with Gasteiger partial charge in [0.05, 0.1) is 30.3 Å². The van der Waals surface area contributed by atoms with Crippen molar-refractivity contribution in [3.05, 3.63) is 65.2 Å². The van der Waals surface area contributed by atoms with Crippen LogP contribution in [0.4, 0.5) is 11.5 Å². The molecule has 1 aliphatic heterocycles. The van der Waals surface area contributed by atoms with E-state index in [9.17, 15) is 0 Å². The molecule has 0 fully saturated rings. The number of nitrogens with zero attached hydrogens (tertiary/aromatic N) is 3. The zero-order chi connectivity index (χ0) is 22.8. The van der Waals surface area contributed by atoms with Crippen molar-refractivity contribution in [2.75, 3.05) is 26.3 Å². The average Bonchev–Trinajstić information content (AvgIpc) is 3.34. The van der Waals surface area contributed by atoms with Gasteiger partial charge in [0.25, 0.3) is 0 Å². The van der Waals surface area contributed by atoms with Gasteiger partial charge in [-0.2, -0.15) is 0 Å². The Hall–Kier alpha value is -4.22. The lowest BCUT2D eigenvalue weighted by molar-refractivity contribution is 0.174. The van der Waals surface area contributed by atoms with E-state index in [4.69, 9.17) is 30.5 Å². The van der Waals surface area contributed by atoms with Gasteiger partial charge in [-0.3, -0.25) is 0 Å². The number of hydrogen-bond acceptors (Lipinski definition) is 8. The number of benzene rings is 2. The lowest BCUT2D eigenvalue weighted by atomic mass is 10.1. The van der Waals surface area contributed by atoms with Crippen molar-refractivity contribution in [2.24, 2.45) is 0 Å². The minimum Gasteiger partial charge on any atom is -0.493 e. The van der Waals surface area contributed by atoms with E-state index in [0.29, 0.717) is 56.3 Å². The van der Waals surface area contributed by atoms with E-state index in [1.54, 1.807) is 38.6 Å². The van der Waals surface area contributed by atoms with Crippen molar-refractivity contribution in [2.45, 2.75) is 0 Å². The predicted molar refractivity (Wildman–Crippen MR) is 124 cm³/mol. The Morgan fingerprint density at radius 1 is 0.970 bits per heavy atom. The van der Waals surface area contributed by atoms with Gasteiger partial charge in [0.1, 0.15) is 23.5 Å². The lowest BCUT2D eigenvalue weighted by Crippen LogP contribution is -2.00. The first-order valence-electron chi connectivity index (χ1n) is 9.87. The SMILES string of the molecule is COc1cc2ncnc(Nc3c(Cl)cc(C#Cc4ccccn4)c4c3OCO4)c2cc1OC. The maximum atomic E-state index is 6.63. The molecule has 0 bridgehead atoms. The summed E-state index contributed by atoms with van der Waals surface area (Å²) < 4.78 is 22.2. The fourth-order valence-corrected chi connectivity index (χ4v) is 3.66. The number of rotatable bonds is 4. The molecule has 1 aliphatic rings. The largest absolute Gasteiger partial charge is 0.493 e. The molecule has 0 radical (unpaired) electrons. The number of anilines is 2. The van der Waals surface area contributed by atoms with E-state index in [-0.39, 0.29) is 6.79 Å². The highest BCUT2D eigenvalue weighted by molar-refractivity contribution is 6.34. The monoisotopic (exact) mass is 460 g/mol. The second kappa shape index (κ2) is 8.73. The second-order valence-electron chi connectivity index (χ2n) is 6.88. The molecule has 0 spiro atoms. The van der Waals surface area contributed by atoms with Gasteiger partial charge in [-0.05, 0) is 30.2 Å². The van der Waals surface area contributed by atoms with Crippen LogP contribution >= 0.6 is 11.6 Å². The Morgan fingerprint density at radius 3 is 2.58 bits per heavy atom. The number of nitrogens with one attached hydrogen (secondary N) is 1. The highest BCUT2D eigenvalue weighted by Crippen LogP contribution is 2.47. The number of ether oxygens (including phenoxy) is 4. The van der Waals surface area contributed by atoms with Gasteiger partial charge in [0.15, 0.2) is 23.0 Å². The minimum atomic E-state index is 0.0537. The van der Waals surface area contributed by atoms with E-state index in [0.717, 1.165) is 5.39 Å². The zero-order valence-corrected chi connectivity index (χ0v) is 18.4. The maximum absolute atomic E-state index is 6.63. The lowest BCUT2D eigenvalue weighted by Gasteiger charge is -2.14. The van der Waals surface area contributed by atoms with Gasteiger partial charge in [-0.1, -0.05) is 23.6 Å². The Labute approximate surface area is 194 Å². The number of aromatic nitrogens is 3. The highest BCUT2D eigenvalue weighted by Gasteiger charge is 2.25. The second-order valence-corrected chi connectivity index (χ2v) is 7.29. The summed E-state index contributed by atoms with van der Waals surface area (Å²) in [5.74, 6) is 8.68. The molecule has 8 nitrogen and oxygen atoms in total. The minimum absolute atomic E-state index is 0.0537. The molecule has 2 aromatic heterocycles. The van der Waals surface area contributed by atoms with E-state index in [1.165, 1.54) is 6.33 Å². The number of fused-ring (bicyclic) bond motifs is 2. The molecule has 33 heavy (non-hydrogen) atoms. The average molecular weight is 461 g/mol. The topological polar surface area (TPSA) is 87.6 Å². The third-order valence-electron chi connectivity index (χ3n) is 4.97.